The van der Waals surface area contributed by atoms with Gasteiger partial charge in [0.25, 0.3) is 15.9 Å². The van der Waals surface area contributed by atoms with Crippen molar-refractivity contribution in [3.63, 3.8) is 0 Å². The van der Waals surface area contributed by atoms with Crippen LogP contribution in [0.15, 0.2) is 76.7 Å². The number of para-hydroxylation sites is 1. The predicted octanol–water partition coefficient (Wildman–Crippen LogP) is 3.19. The third-order valence-corrected chi connectivity index (χ3v) is 6.44. The molecule has 10 heteroatoms. The SMILES string of the molecule is COc1cccc(/C=N\NC(=O)CN(c2ccc(C)cc2)S(=O)(=O)c2ccc(F)cc2)c1O. The van der Waals surface area contributed by atoms with Gasteiger partial charge in [0.1, 0.15) is 12.4 Å². The molecule has 172 valence electrons. The van der Waals surface area contributed by atoms with Crippen LogP contribution < -0.4 is 14.5 Å². The van der Waals surface area contributed by atoms with Crippen LogP contribution in [-0.2, 0) is 14.8 Å². The van der Waals surface area contributed by atoms with Crippen LogP contribution in [0.4, 0.5) is 10.1 Å². The van der Waals surface area contributed by atoms with Gasteiger partial charge in [-0.15, -0.1) is 0 Å². The normalized spacial score (nSPS) is 11.4. The smallest absolute Gasteiger partial charge is 0.264 e. The first kappa shape index (κ1) is 23.7. The van der Waals surface area contributed by atoms with E-state index in [2.05, 4.69) is 10.5 Å². The molecule has 0 fully saturated rings. The van der Waals surface area contributed by atoms with E-state index in [0.29, 0.717) is 5.56 Å². The lowest BCUT2D eigenvalue weighted by molar-refractivity contribution is -0.119. The quantitative estimate of drug-likeness (QED) is 0.388. The monoisotopic (exact) mass is 471 g/mol. The van der Waals surface area contributed by atoms with Gasteiger partial charge in [-0.2, -0.15) is 5.10 Å². The van der Waals surface area contributed by atoms with Gasteiger partial charge in [0.15, 0.2) is 11.5 Å². The number of phenolic OH excluding ortho intramolecular Hbond substituents is 1. The maximum absolute atomic E-state index is 13.3. The summed E-state index contributed by atoms with van der Waals surface area (Å²) in [6.45, 7) is 1.27. The zero-order chi connectivity index (χ0) is 24.0. The molecule has 0 heterocycles. The predicted molar refractivity (Wildman–Crippen MR) is 123 cm³/mol. The molecule has 3 aromatic rings. The molecule has 0 saturated heterocycles. The highest BCUT2D eigenvalue weighted by atomic mass is 32.2. The summed E-state index contributed by atoms with van der Waals surface area (Å²) in [4.78, 5) is 12.4. The van der Waals surface area contributed by atoms with Gasteiger partial charge in [0, 0.05) is 5.56 Å². The Morgan fingerprint density at radius 1 is 1.12 bits per heavy atom. The molecule has 0 aliphatic heterocycles. The van der Waals surface area contributed by atoms with Crippen molar-refractivity contribution >= 4 is 27.8 Å². The van der Waals surface area contributed by atoms with Crippen molar-refractivity contribution in [2.75, 3.05) is 18.0 Å². The molecule has 0 aromatic heterocycles. The van der Waals surface area contributed by atoms with Crippen molar-refractivity contribution in [2.45, 2.75) is 11.8 Å². The number of methoxy groups -OCH3 is 1. The van der Waals surface area contributed by atoms with Crippen molar-refractivity contribution < 1.29 is 27.4 Å². The largest absolute Gasteiger partial charge is 0.504 e. The average molecular weight is 472 g/mol. The lowest BCUT2D eigenvalue weighted by Crippen LogP contribution is -2.39. The number of hydrogen-bond acceptors (Lipinski definition) is 6. The first-order chi connectivity index (χ1) is 15.7. The molecule has 3 rings (SSSR count). The number of amides is 1. The molecule has 0 atom stereocenters. The van der Waals surface area contributed by atoms with E-state index in [4.69, 9.17) is 4.74 Å². The molecular weight excluding hydrogens is 449 g/mol. The number of carbonyl (C=O) groups excluding carboxylic acids is 1. The highest BCUT2D eigenvalue weighted by Gasteiger charge is 2.27. The van der Waals surface area contributed by atoms with Crippen molar-refractivity contribution in [3.8, 4) is 11.5 Å². The lowest BCUT2D eigenvalue weighted by atomic mass is 10.2. The Morgan fingerprint density at radius 3 is 2.42 bits per heavy atom. The Bertz CT molecular complexity index is 1260. The van der Waals surface area contributed by atoms with E-state index in [1.807, 2.05) is 6.92 Å². The van der Waals surface area contributed by atoms with Crippen molar-refractivity contribution in [1.29, 1.82) is 0 Å². The zero-order valence-corrected chi connectivity index (χ0v) is 18.7. The lowest BCUT2D eigenvalue weighted by Gasteiger charge is -2.23. The van der Waals surface area contributed by atoms with Gasteiger partial charge in [0.2, 0.25) is 0 Å². The van der Waals surface area contributed by atoms with E-state index >= 15 is 0 Å². The molecule has 8 nitrogen and oxygen atoms in total. The van der Waals surface area contributed by atoms with Gasteiger partial charge >= 0.3 is 0 Å². The van der Waals surface area contributed by atoms with Gasteiger partial charge < -0.3 is 9.84 Å². The van der Waals surface area contributed by atoms with Gasteiger partial charge in [-0.3, -0.25) is 9.10 Å². The first-order valence-corrected chi connectivity index (χ1v) is 11.2. The molecule has 0 bridgehead atoms. The van der Waals surface area contributed by atoms with Crippen LogP contribution in [0.3, 0.4) is 0 Å². The molecule has 0 unspecified atom stereocenters. The maximum atomic E-state index is 13.3. The van der Waals surface area contributed by atoms with Gasteiger partial charge in [-0.25, -0.2) is 18.2 Å². The second-order valence-electron chi connectivity index (χ2n) is 6.99. The fourth-order valence-corrected chi connectivity index (χ4v) is 4.33. The van der Waals surface area contributed by atoms with E-state index in [-0.39, 0.29) is 22.1 Å². The summed E-state index contributed by atoms with van der Waals surface area (Å²) in [6, 6.07) is 15.7. The van der Waals surface area contributed by atoms with E-state index < -0.39 is 28.3 Å². The Labute approximate surface area is 191 Å². The topological polar surface area (TPSA) is 108 Å². The number of anilines is 1. The van der Waals surface area contributed by atoms with Crippen LogP contribution in [0.25, 0.3) is 0 Å². The molecule has 3 aromatic carbocycles. The summed E-state index contributed by atoms with van der Waals surface area (Å²) >= 11 is 0. The minimum Gasteiger partial charge on any atom is -0.504 e. The number of halogens is 1. The fraction of sp³-hybridized carbons (Fsp3) is 0.130. The zero-order valence-electron chi connectivity index (χ0n) is 17.9. The van der Waals surface area contributed by atoms with Crippen LogP contribution >= 0.6 is 0 Å². The van der Waals surface area contributed by atoms with Crippen molar-refractivity contribution in [1.82, 2.24) is 5.43 Å². The van der Waals surface area contributed by atoms with Crippen molar-refractivity contribution in [3.05, 3.63) is 83.7 Å². The summed E-state index contributed by atoms with van der Waals surface area (Å²) in [6.07, 6.45) is 1.21. The van der Waals surface area contributed by atoms with Crippen LogP contribution in [0.2, 0.25) is 0 Å². The Kier molecular flexibility index (Phi) is 7.29. The van der Waals surface area contributed by atoms with Crippen LogP contribution in [-0.4, -0.2) is 39.3 Å². The number of hydrogen-bond donors (Lipinski definition) is 2. The highest BCUT2D eigenvalue weighted by Crippen LogP contribution is 2.28. The Morgan fingerprint density at radius 2 is 1.79 bits per heavy atom. The van der Waals surface area contributed by atoms with E-state index in [1.54, 1.807) is 42.5 Å². The molecule has 1 amide bonds. The number of sulfonamides is 1. The molecule has 0 radical (unpaired) electrons. The van der Waals surface area contributed by atoms with Crippen LogP contribution in [0, 0.1) is 12.7 Å². The Balaban J connectivity index is 1.84. The second-order valence-corrected chi connectivity index (χ2v) is 8.85. The van der Waals surface area contributed by atoms with Gasteiger partial charge in [0.05, 0.1) is 23.9 Å². The fourth-order valence-electron chi connectivity index (χ4n) is 2.91. The molecule has 0 aliphatic carbocycles. The molecule has 2 N–H and O–H groups in total. The standard InChI is InChI=1S/C23H22FN3O5S/c1-16-6-10-19(11-7-16)27(33(30,31)20-12-8-18(24)9-13-20)15-22(28)26-25-14-17-4-3-5-21(32-2)23(17)29/h3-14,29H,15H2,1-2H3,(H,26,28)/b25-14-. The number of carbonyl (C=O) groups is 1. The third kappa shape index (κ3) is 5.66. The summed E-state index contributed by atoms with van der Waals surface area (Å²) in [5.74, 6) is -1.22. The van der Waals surface area contributed by atoms with E-state index in [9.17, 15) is 22.7 Å². The first-order valence-electron chi connectivity index (χ1n) is 9.75. The molecular formula is C23H22FN3O5S. The van der Waals surface area contributed by atoms with E-state index in [0.717, 1.165) is 34.1 Å². The summed E-state index contributed by atoms with van der Waals surface area (Å²) in [7, 11) is -2.77. The number of rotatable bonds is 8. The summed E-state index contributed by atoms with van der Waals surface area (Å²) in [5.41, 5.74) is 3.71. The highest BCUT2D eigenvalue weighted by molar-refractivity contribution is 7.92. The van der Waals surface area contributed by atoms with Gasteiger partial charge in [-0.05, 0) is 55.5 Å². The summed E-state index contributed by atoms with van der Waals surface area (Å²) in [5, 5.41) is 13.9. The van der Waals surface area contributed by atoms with E-state index in [1.165, 1.54) is 13.3 Å². The molecule has 0 saturated carbocycles. The third-order valence-electron chi connectivity index (χ3n) is 4.65. The van der Waals surface area contributed by atoms with Crippen molar-refractivity contribution in [2.24, 2.45) is 5.10 Å². The Hall–Kier alpha value is -3.92. The minimum atomic E-state index is -4.17. The average Bonchev–Trinajstić information content (AvgIpc) is 2.79. The summed E-state index contributed by atoms with van der Waals surface area (Å²) < 4.78 is 45.6. The molecule has 0 spiro atoms. The van der Waals surface area contributed by atoms with Crippen LogP contribution in [0.5, 0.6) is 11.5 Å². The number of benzene rings is 3. The number of ether oxygens (including phenoxy) is 1. The molecule has 33 heavy (non-hydrogen) atoms. The van der Waals surface area contributed by atoms with Crippen LogP contribution in [0.1, 0.15) is 11.1 Å². The second kappa shape index (κ2) is 10.1. The number of aromatic hydroxyl groups is 1. The maximum Gasteiger partial charge on any atom is 0.264 e. The van der Waals surface area contributed by atoms with Gasteiger partial charge in [-0.1, -0.05) is 23.8 Å². The number of phenols is 1. The number of hydrazone groups is 1. The molecule has 0 aliphatic rings. The number of aryl methyl sites for hydroxylation is 1. The number of nitrogens with zero attached hydrogens (tertiary/aromatic N) is 2. The minimum absolute atomic E-state index is 0.154. The number of nitrogens with one attached hydrogen (secondary N) is 1.